The average Bonchev–Trinajstić information content (AvgIpc) is 2.52. The number of fused-ring (bicyclic) bond motifs is 1. The van der Waals surface area contributed by atoms with Gasteiger partial charge in [0.05, 0.1) is 5.52 Å². The summed E-state index contributed by atoms with van der Waals surface area (Å²) in [5.41, 5.74) is 1.64. The summed E-state index contributed by atoms with van der Waals surface area (Å²) in [4.78, 5) is 11.6. The van der Waals surface area contributed by atoms with E-state index in [0.717, 1.165) is 16.6 Å². The molecule has 1 amide bonds. The second-order valence-corrected chi connectivity index (χ2v) is 3.42. The number of phenolic OH excluding ortho intramolecular Hbond substituents is 1. The maximum Gasteiger partial charge on any atom is 0.325 e. The first-order chi connectivity index (χ1) is 7.13. The van der Waals surface area contributed by atoms with Crippen LogP contribution in [0.2, 0.25) is 0 Å². The molecule has 15 heavy (non-hydrogen) atoms. The zero-order chi connectivity index (χ0) is 11.0. The quantitative estimate of drug-likeness (QED) is 0.688. The van der Waals surface area contributed by atoms with Crippen LogP contribution in [0, 0.1) is 6.92 Å². The zero-order valence-corrected chi connectivity index (χ0v) is 8.61. The van der Waals surface area contributed by atoms with Crippen molar-refractivity contribution in [3.05, 3.63) is 30.0 Å². The Bertz CT molecular complexity index is 529. The van der Waals surface area contributed by atoms with Crippen LogP contribution < -0.4 is 5.32 Å². The second-order valence-electron chi connectivity index (χ2n) is 3.42. The van der Waals surface area contributed by atoms with Crippen LogP contribution in [0.4, 0.5) is 4.79 Å². The zero-order valence-electron chi connectivity index (χ0n) is 8.61. The molecule has 0 unspecified atom stereocenters. The Balaban J connectivity index is 2.73. The van der Waals surface area contributed by atoms with E-state index in [1.165, 1.54) is 0 Å². The van der Waals surface area contributed by atoms with Crippen LogP contribution in [0.1, 0.15) is 5.69 Å². The number of hydrogen-bond acceptors (Lipinski definition) is 2. The van der Waals surface area contributed by atoms with Crippen molar-refractivity contribution in [1.29, 1.82) is 0 Å². The summed E-state index contributed by atoms with van der Waals surface area (Å²) in [7, 11) is 1.59. The molecule has 0 saturated heterocycles. The number of amides is 1. The molecule has 0 saturated carbocycles. The van der Waals surface area contributed by atoms with Crippen LogP contribution in [0.5, 0.6) is 5.75 Å². The standard InChI is InChI=1S/C11H12N2O2/c1-7-5-8-6-9(14)3-4-10(8)13(7)11(15)12-2/h3-6,14H,1-2H3,(H,12,15). The Hall–Kier alpha value is -1.97. The topological polar surface area (TPSA) is 54.3 Å². The van der Waals surface area contributed by atoms with Crippen LogP contribution in [0.3, 0.4) is 0 Å². The molecule has 2 aromatic rings. The van der Waals surface area contributed by atoms with Gasteiger partial charge in [-0.1, -0.05) is 0 Å². The Morgan fingerprint density at radius 3 is 2.80 bits per heavy atom. The monoisotopic (exact) mass is 204 g/mol. The second kappa shape index (κ2) is 3.31. The van der Waals surface area contributed by atoms with E-state index >= 15 is 0 Å². The van der Waals surface area contributed by atoms with Crippen molar-refractivity contribution >= 4 is 16.9 Å². The lowest BCUT2D eigenvalue weighted by atomic mass is 10.2. The van der Waals surface area contributed by atoms with Gasteiger partial charge in [-0.3, -0.25) is 4.57 Å². The van der Waals surface area contributed by atoms with Gasteiger partial charge in [-0.25, -0.2) is 4.79 Å². The molecule has 1 aromatic heterocycles. The predicted octanol–water partition coefficient (Wildman–Crippen LogP) is 1.84. The molecule has 1 heterocycles. The molecule has 0 bridgehead atoms. The summed E-state index contributed by atoms with van der Waals surface area (Å²) in [6.45, 7) is 1.85. The lowest BCUT2D eigenvalue weighted by Gasteiger charge is -2.05. The Morgan fingerprint density at radius 2 is 2.13 bits per heavy atom. The fourth-order valence-electron chi connectivity index (χ4n) is 1.72. The molecule has 4 nitrogen and oxygen atoms in total. The maximum atomic E-state index is 11.6. The number of aryl methyl sites for hydroxylation is 1. The Kier molecular flexibility index (Phi) is 2.11. The summed E-state index contributed by atoms with van der Waals surface area (Å²) in [5.74, 6) is 0.205. The summed E-state index contributed by atoms with van der Waals surface area (Å²) < 4.78 is 1.58. The fourth-order valence-corrected chi connectivity index (χ4v) is 1.72. The summed E-state index contributed by atoms with van der Waals surface area (Å²) in [6, 6.07) is 6.63. The number of benzene rings is 1. The van der Waals surface area contributed by atoms with Crippen molar-refractivity contribution in [2.75, 3.05) is 7.05 Å². The van der Waals surface area contributed by atoms with Gasteiger partial charge in [0.2, 0.25) is 0 Å². The van der Waals surface area contributed by atoms with E-state index in [2.05, 4.69) is 5.32 Å². The summed E-state index contributed by atoms with van der Waals surface area (Å²) in [6.07, 6.45) is 0. The SMILES string of the molecule is CNC(=O)n1c(C)cc2cc(O)ccc21. The van der Waals surface area contributed by atoms with Gasteiger partial charge in [0.1, 0.15) is 5.75 Å². The minimum absolute atomic E-state index is 0.173. The minimum atomic E-state index is -0.173. The van der Waals surface area contributed by atoms with E-state index in [0.29, 0.717) is 0 Å². The molecular formula is C11H12N2O2. The van der Waals surface area contributed by atoms with Gasteiger partial charge in [0, 0.05) is 18.1 Å². The molecule has 0 aliphatic carbocycles. The number of nitrogens with zero attached hydrogens (tertiary/aromatic N) is 1. The van der Waals surface area contributed by atoms with Gasteiger partial charge in [-0.2, -0.15) is 0 Å². The molecule has 0 atom stereocenters. The lowest BCUT2D eigenvalue weighted by Crippen LogP contribution is -2.25. The third-order valence-electron chi connectivity index (χ3n) is 2.39. The van der Waals surface area contributed by atoms with E-state index in [1.54, 1.807) is 29.8 Å². The largest absolute Gasteiger partial charge is 0.508 e. The van der Waals surface area contributed by atoms with Crippen LogP contribution >= 0.6 is 0 Å². The van der Waals surface area contributed by atoms with Crippen molar-refractivity contribution < 1.29 is 9.90 Å². The first kappa shape index (κ1) is 9.58. The normalized spacial score (nSPS) is 10.5. The number of aromatic hydroxyl groups is 1. The number of aromatic nitrogens is 1. The molecule has 2 N–H and O–H groups in total. The van der Waals surface area contributed by atoms with Crippen molar-refractivity contribution in [3.8, 4) is 5.75 Å². The highest BCUT2D eigenvalue weighted by molar-refractivity contribution is 5.93. The van der Waals surface area contributed by atoms with Crippen LogP contribution in [-0.2, 0) is 0 Å². The van der Waals surface area contributed by atoms with Crippen molar-refractivity contribution in [3.63, 3.8) is 0 Å². The molecule has 0 fully saturated rings. The molecule has 4 heteroatoms. The highest BCUT2D eigenvalue weighted by atomic mass is 16.3. The average molecular weight is 204 g/mol. The van der Waals surface area contributed by atoms with Crippen molar-refractivity contribution in [2.45, 2.75) is 6.92 Å². The maximum absolute atomic E-state index is 11.6. The number of nitrogens with one attached hydrogen (secondary N) is 1. The van der Waals surface area contributed by atoms with Gasteiger partial charge in [-0.05, 0) is 31.2 Å². The van der Waals surface area contributed by atoms with E-state index in [9.17, 15) is 9.90 Å². The summed E-state index contributed by atoms with van der Waals surface area (Å²) in [5, 5.41) is 12.8. The molecule has 0 radical (unpaired) electrons. The number of phenols is 1. The van der Waals surface area contributed by atoms with Crippen molar-refractivity contribution in [2.24, 2.45) is 0 Å². The van der Waals surface area contributed by atoms with Crippen LogP contribution in [0.15, 0.2) is 24.3 Å². The Labute approximate surface area is 87.1 Å². The first-order valence-electron chi connectivity index (χ1n) is 4.66. The lowest BCUT2D eigenvalue weighted by molar-refractivity contribution is 0.245. The number of rotatable bonds is 0. The molecule has 0 spiro atoms. The molecule has 78 valence electrons. The van der Waals surface area contributed by atoms with E-state index in [-0.39, 0.29) is 11.8 Å². The van der Waals surface area contributed by atoms with Gasteiger partial charge in [-0.15, -0.1) is 0 Å². The number of carbonyl (C=O) groups is 1. The molecule has 0 aliphatic rings. The van der Waals surface area contributed by atoms with E-state index in [4.69, 9.17) is 0 Å². The fraction of sp³-hybridized carbons (Fsp3) is 0.182. The van der Waals surface area contributed by atoms with Gasteiger partial charge < -0.3 is 10.4 Å². The minimum Gasteiger partial charge on any atom is -0.508 e. The molecule has 2 rings (SSSR count). The van der Waals surface area contributed by atoms with Gasteiger partial charge in [0.15, 0.2) is 0 Å². The molecule has 1 aromatic carbocycles. The van der Waals surface area contributed by atoms with Crippen molar-refractivity contribution in [1.82, 2.24) is 9.88 Å². The number of hydrogen-bond donors (Lipinski definition) is 2. The summed E-state index contributed by atoms with van der Waals surface area (Å²) >= 11 is 0. The molecular weight excluding hydrogens is 192 g/mol. The van der Waals surface area contributed by atoms with Gasteiger partial charge >= 0.3 is 6.03 Å². The predicted molar refractivity (Wildman–Crippen MR) is 58.2 cm³/mol. The third-order valence-corrected chi connectivity index (χ3v) is 2.39. The molecule has 0 aliphatic heterocycles. The smallest absolute Gasteiger partial charge is 0.325 e. The van der Waals surface area contributed by atoms with E-state index in [1.807, 2.05) is 13.0 Å². The number of carbonyl (C=O) groups excluding carboxylic acids is 1. The third kappa shape index (κ3) is 1.44. The van der Waals surface area contributed by atoms with Crippen LogP contribution in [0.25, 0.3) is 10.9 Å². The highest BCUT2D eigenvalue weighted by Gasteiger charge is 2.10. The van der Waals surface area contributed by atoms with E-state index < -0.39 is 0 Å². The van der Waals surface area contributed by atoms with Crippen LogP contribution in [-0.4, -0.2) is 22.8 Å². The Morgan fingerprint density at radius 1 is 1.40 bits per heavy atom. The van der Waals surface area contributed by atoms with Gasteiger partial charge in [0.25, 0.3) is 0 Å². The highest BCUT2D eigenvalue weighted by Crippen LogP contribution is 2.23. The first-order valence-corrected chi connectivity index (χ1v) is 4.66.